The Morgan fingerprint density at radius 2 is 2.00 bits per heavy atom. The van der Waals surface area contributed by atoms with Crippen molar-refractivity contribution in [1.29, 1.82) is 0 Å². The molecule has 2 aromatic rings. The summed E-state index contributed by atoms with van der Waals surface area (Å²) in [5.74, 6) is 0.151. The number of amides is 2. The molecule has 26 heavy (non-hydrogen) atoms. The molecular weight excluding hydrogens is 424 g/mol. The SMILES string of the molecule is O=C(CCCOc1ccc(Br)cc1Cl)NCCNC(=O)c1cnccn1. The van der Waals surface area contributed by atoms with Gasteiger partial charge in [-0.05, 0) is 24.6 Å². The fourth-order valence-electron chi connectivity index (χ4n) is 1.98. The Morgan fingerprint density at radius 3 is 2.73 bits per heavy atom. The van der Waals surface area contributed by atoms with Crippen molar-refractivity contribution < 1.29 is 14.3 Å². The van der Waals surface area contributed by atoms with Crippen molar-refractivity contribution in [3.05, 3.63) is 52.0 Å². The van der Waals surface area contributed by atoms with Crippen LogP contribution >= 0.6 is 27.5 Å². The van der Waals surface area contributed by atoms with E-state index in [0.29, 0.717) is 43.3 Å². The first-order valence-electron chi connectivity index (χ1n) is 7.95. The highest BCUT2D eigenvalue weighted by atomic mass is 79.9. The third-order valence-corrected chi connectivity index (χ3v) is 4.02. The van der Waals surface area contributed by atoms with Crippen LogP contribution in [0.25, 0.3) is 0 Å². The summed E-state index contributed by atoms with van der Waals surface area (Å²) in [6, 6.07) is 5.36. The number of hydrogen-bond acceptors (Lipinski definition) is 5. The van der Waals surface area contributed by atoms with E-state index in [9.17, 15) is 9.59 Å². The normalized spacial score (nSPS) is 10.2. The second-order valence-corrected chi connectivity index (χ2v) is 6.55. The van der Waals surface area contributed by atoms with Crippen molar-refractivity contribution in [2.24, 2.45) is 0 Å². The lowest BCUT2D eigenvalue weighted by atomic mass is 10.3. The molecule has 0 radical (unpaired) electrons. The highest BCUT2D eigenvalue weighted by Gasteiger charge is 2.07. The molecule has 1 heterocycles. The highest BCUT2D eigenvalue weighted by molar-refractivity contribution is 9.10. The maximum absolute atomic E-state index is 11.7. The maximum Gasteiger partial charge on any atom is 0.271 e. The van der Waals surface area contributed by atoms with Gasteiger partial charge >= 0.3 is 0 Å². The lowest BCUT2D eigenvalue weighted by Crippen LogP contribution is -2.35. The van der Waals surface area contributed by atoms with Crippen LogP contribution in [0, 0.1) is 0 Å². The van der Waals surface area contributed by atoms with Crippen LogP contribution in [0.3, 0.4) is 0 Å². The molecule has 1 aromatic heterocycles. The molecule has 7 nitrogen and oxygen atoms in total. The van der Waals surface area contributed by atoms with Gasteiger partial charge in [-0.3, -0.25) is 14.6 Å². The van der Waals surface area contributed by atoms with Crippen LogP contribution in [0.1, 0.15) is 23.3 Å². The average Bonchev–Trinajstić information content (AvgIpc) is 2.64. The van der Waals surface area contributed by atoms with Crippen LogP contribution in [0.15, 0.2) is 41.3 Å². The number of hydrogen-bond donors (Lipinski definition) is 2. The van der Waals surface area contributed by atoms with E-state index in [2.05, 4.69) is 36.5 Å². The van der Waals surface area contributed by atoms with Gasteiger partial charge in [0.15, 0.2) is 0 Å². The smallest absolute Gasteiger partial charge is 0.271 e. The van der Waals surface area contributed by atoms with E-state index in [1.807, 2.05) is 6.07 Å². The average molecular weight is 442 g/mol. The number of ether oxygens (including phenoxy) is 1. The van der Waals surface area contributed by atoms with Crippen LogP contribution in [0.2, 0.25) is 5.02 Å². The predicted molar refractivity (Wildman–Crippen MR) is 101 cm³/mol. The van der Waals surface area contributed by atoms with E-state index in [0.717, 1.165) is 4.47 Å². The molecule has 0 atom stereocenters. The second kappa shape index (κ2) is 10.7. The molecule has 9 heteroatoms. The summed E-state index contributed by atoms with van der Waals surface area (Å²) >= 11 is 9.37. The van der Waals surface area contributed by atoms with Crippen LogP contribution in [-0.4, -0.2) is 41.5 Å². The van der Waals surface area contributed by atoms with E-state index in [-0.39, 0.29) is 17.5 Å². The van der Waals surface area contributed by atoms with E-state index in [1.165, 1.54) is 18.6 Å². The Labute approximate surface area is 164 Å². The fourth-order valence-corrected chi connectivity index (χ4v) is 2.71. The van der Waals surface area contributed by atoms with Gasteiger partial charge < -0.3 is 15.4 Å². The number of halogens is 2. The van der Waals surface area contributed by atoms with Gasteiger partial charge in [-0.15, -0.1) is 0 Å². The summed E-state index contributed by atoms with van der Waals surface area (Å²) in [7, 11) is 0. The maximum atomic E-state index is 11.7. The molecule has 0 bridgehead atoms. The monoisotopic (exact) mass is 440 g/mol. The van der Waals surface area contributed by atoms with Crippen molar-refractivity contribution in [2.45, 2.75) is 12.8 Å². The molecule has 0 aliphatic carbocycles. The Kier molecular flexibility index (Phi) is 8.30. The van der Waals surface area contributed by atoms with Crippen molar-refractivity contribution >= 4 is 39.3 Å². The molecule has 0 spiro atoms. The number of nitrogens with one attached hydrogen (secondary N) is 2. The molecule has 0 saturated carbocycles. The highest BCUT2D eigenvalue weighted by Crippen LogP contribution is 2.27. The number of rotatable bonds is 9. The first-order valence-corrected chi connectivity index (χ1v) is 9.12. The first-order chi connectivity index (χ1) is 12.6. The van der Waals surface area contributed by atoms with Crippen LogP contribution in [0.4, 0.5) is 0 Å². The van der Waals surface area contributed by atoms with Gasteiger partial charge in [0.05, 0.1) is 17.8 Å². The molecule has 2 N–H and O–H groups in total. The van der Waals surface area contributed by atoms with E-state index in [4.69, 9.17) is 16.3 Å². The molecule has 0 saturated heterocycles. The Balaban J connectivity index is 1.56. The van der Waals surface area contributed by atoms with Crippen molar-refractivity contribution in [3.63, 3.8) is 0 Å². The Hall–Kier alpha value is -2.19. The molecule has 0 fully saturated rings. The van der Waals surface area contributed by atoms with Gasteiger partial charge in [0, 0.05) is 36.4 Å². The molecule has 0 aliphatic heterocycles. The summed E-state index contributed by atoms with van der Waals surface area (Å²) < 4.78 is 6.42. The number of carbonyl (C=O) groups excluding carboxylic acids is 2. The number of aromatic nitrogens is 2. The first kappa shape index (κ1) is 20.1. The fraction of sp³-hybridized carbons (Fsp3) is 0.294. The van der Waals surface area contributed by atoms with Gasteiger partial charge in [-0.2, -0.15) is 0 Å². The summed E-state index contributed by atoms with van der Waals surface area (Å²) in [5, 5.41) is 5.90. The van der Waals surface area contributed by atoms with Gasteiger partial charge in [0.25, 0.3) is 5.91 Å². The Bertz CT molecular complexity index is 746. The van der Waals surface area contributed by atoms with Gasteiger partial charge in [0.1, 0.15) is 11.4 Å². The van der Waals surface area contributed by atoms with Crippen LogP contribution in [-0.2, 0) is 4.79 Å². The molecule has 1 aromatic carbocycles. The molecule has 2 amide bonds. The lowest BCUT2D eigenvalue weighted by molar-refractivity contribution is -0.121. The third kappa shape index (κ3) is 6.97. The van der Waals surface area contributed by atoms with Gasteiger partial charge in [-0.1, -0.05) is 27.5 Å². The molecule has 138 valence electrons. The third-order valence-electron chi connectivity index (χ3n) is 3.23. The van der Waals surface area contributed by atoms with Crippen molar-refractivity contribution in [2.75, 3.05) is 19.7 Å². The van der Waals surface area contributed by atoms with Crippen LogP contribution < -0.4 is 15.4 Å². The summed E-state index contributed by atoms with van der Waals surface area (Å²) in [4.78, 5) is 31.2. The predicted octanol–water partition coefficient (Wildman–Crippen LogP) is 2.60. The van der Waals surface area contributed by atoms with E-state index in [1.54, 1.807) is 12.1 Å². The number of carbonyl (C=O) groups is 2. The van der Waals surface area contributed by atoms with Gasteiger partial charge in [0.2, 0.25) is 5.91 Å². The summed E-state index contributed by atoms with van der Waals surface area (Å²) in [6.45, 7) is 1.04. The number of benzene rings is 1. The molecular formula is C17H18BrClN4O3. The zero-order valence-electron chi connectivity index (χ0n) is 13.9. The minimum Gasteiger partial charge on any atom is -0.492 e. The van der Waals surface area contributed by atoms with Gasteiger partial charge in [-0.25, -0.2) is 4.98 Å². The summed E-state index contributed by atoms with van der Waals surface area (Å²) in [6.07, 6.45) is 5.20. The lowest BCUT2D eigenvalue weighted by Gasteiger charge is -2.09. The van der Waals surface area contributed by atoms with Crippen molar-refractivity contribution in [1.82, 2.24) is 20.6 Å². The number of nitrogens with zero attached hydrogens (tertiary/aromatic N) is 2. The zero-order chi connectivity index (χ0) is 18.8. The zero-order valence-corrected chi connectivity index (χ0v) is 16.2. The molecule has 0 aliphatic rings. The quantitative estimate of drug-likeness (QED) is 0.584. The molecule has 2 rings (SSSR count). The van der Waals surface area contributed by atoms with Crippen LogP contribution in [0.5, 0.6) is 5.75 Å². The standard InChI is InChI=1S/C17H18BrClN4O3/c18-12-3-4-15(13(19)10-12)26-9-1-2-16(24)22-7-8-23-17(25)14-11-20-5-6-21-14/h3-6,10-11H,1-2,7-9H2,(H,22,24)(H,23,25). The van der Waals surface area contributed by atoms with Crippen molar-refractivity contribution in [3.8, 4) is 5.75 Å². The van der Waals surface area contributed by atoms with E-state index >= 15 is 0 Å². The Morgan fingerprint density at radius 1 is 1.19 bits per heavy atom. The van der Waals surface area contributed by atoms with E-state index < -0.39 is 0 Å². The summed E-state index contributed by atoms with van der Waals surface area (Å²) in [5.41, 5.74) is 0.238. The second-order valence-electron chi connectivity index (χ2n) is 5.22. The topological polar surface area (TPSA) is 93.2 Å². The minimum atomic E-state index is -0.327. The minimum absolute atomic E-state index is 0.107. The molecule has 0 unspecified atom stereocenters. The largest absolute Gasteiger partial charge is 0.492 e.